The van der Waals surface area contributed by atoms with Crippen LogP contribution in [0.25, 0.3) is 0 Å². The summed E-state index contributed by atoms with van der Waals surface area (Å²) in [5.74, 6) is -1.51. The molecule has 1 aromatic heterocycles. The first-order chi connectivity index (χ1) is 12.9. The largest absolute Gasteiger partial charge is 0.454 e. The maximum atomic E-state index is 12.3. The van der Waals surface area contributed by atoms with Crippen molar-refractivity contribution in [2.75, 3.05) is 6.61 Å². The first kappa shape index (κ1) is 20.6. The summed E-state index contributed by atoms with van der Waals surface area (Å²) in [5, 5.41) is 7.19. The highest BCUT2D eigenvalue weighted by Gasteiger charge is 2.27. The molecular weight excluding hydrogens is 364 g/mol. The van der Waals surface area contributed by atoms with Crippen molar-refractivity contribution in [2.24, 2.45) is 5.92 Å². The molecule has 0 aliphatic heterocycles. The van der Waals surface area contributed by atoms with Gasteiger partial charge < -0.3 is 15.4 Å². The number of thiophene rings is 1. The van der Waals surface area contributed by atoms with E-state index in [1.54, 1.807) is 31.4 Å². The molecule has 0 saturated carbocycles. The van der Waals surface area contributed by atoms with Crippen LogP contribution < -0.4 is 10.6 Å². The van der Waals surface area contributed by atoms with Gasteiger partial charge >= 0.3 is 5.97 Å². The van der Waals surface area contributed by atoms with Gasteiger partial charge in [-0.05, 0) is 35.4 Å². The van der Waals surface area contributed by atoms with Crippen LogP contribution in [0.4, 0.5) is 0 Å². The van der Waals surface area contributed by atoms with Crippen LogP contribution in [0.15, 0.2) is 41.8 Å². The van der Waals surface area contributed by atoms with Gasteiger partial charge in [-0.15, -0.1) is 11.3 Å². The summed E-state index contributed by atoms with van der Waals surface area (Å²) >= 11 is 1.29. The molecule has 1 atom stereocenters. The number of esters is 1. The maximum absolute atomic E-state index is 12.3. The van der Waals surface area contributed by atoms with Crippen LogP contribution in [-0.4, -0.2) is 30.4 Å². The highest BCUT2D eigenvalue weighted by atomic mass is 32.1. The topological polar surface area (TPSA) is 84.5 Å². The monoisotopic (exact) mass is 388 g/mol. The zero-order valence-electron chi connectivity index (χ0n) is 15.7. The van der Waals surface area contributed by atoms with Gasteiger partial charge in [-0.25, -0.2) is 4.79 Å². The molecule has 7 heteroatoms. The predicted molar refractivity (Wildman–Crippen MR) is 104 cm³/mol. The third-order valence-corrected chi connectivity index (χ3v) is 4.90. The zero-order valence-corrected chi connectivity index (χ0v) is 16.5. The number of aryl methyl sites for hydroxylation is 1. The number of ether oxygens (including phenoxy) is 1. The number of hydrogen-bond donors (Lipinski definition) is 2. The van der Waals surface area contributed by atoms with E-state index in [1.165, 1.54) is 11.3 Å². The van der Waals surface area contributed by atoms with Crippen molar-refractivity contribution < 1.29 is 19.1 Å². The van der Waals surface area contributed by atoms with Crippen LogP contribution in [-0.2, 0) is 20.9 Å². The van der Waals surface area contributed by atoms with Gasteiger partial charge in [-0.3, -0.25) is 9.59 Å². The van der Waals surface area contributed by atoms with Crippen LogP contribution in [0.3, 0.4) is 0 Å². The Morgan fingerprint density at radius 3 is 2.48 bits per heavy atom. The van der Waals surface area contributed by atoms with E-state index >= 15 is 0 Å². The minimum absolute atomic E-state index is 0.170. The molecule has 2 aromatic rings. The van der Waals surface area contributed by atoms with Crippen molar-refractivity contribution in [3.8, 4) is 0 Å². The average Bonchev–Trinajstić information content (AvgIpc) is 3.18. The van der Waals surface area contributed by atoms with E-state index in [1.807, 2.05) is 31.2 Å². The molecule has 0 fully saturated rings. The number of nitrogens with one attached hydrogen (secondary N) is 2. The Morgan fingerprint density at radius 1 is 1.11 bits per heavy atom. The van der Waals surface area contributed by atoms with Gasteiger partial charge in [-0.2, -0.15) is 0 Å². The van der Waals surface area contributed by atoms with E-state index in [4.69, 9.17) is 4.74 Å². The van der Waals surface area contributed by atoms with Crippen molar-refractivity contribution in [3.63, 3.8) is 0 Å². The smallest absolute Gasteiger partial charge is 0.329 e. The molecule has 0 radical (unpaired) electrons. The zero-order chi connectivity index (χ0) is 19.8. The summed E-state index contributed by atoms with van der Waals surface area (Å²) in [6.45, 7) is 5.55. The summed E-state index contributed by atoms with van der Waals surface area (Å²) < 4.78 is 5.10. The Bertz CT molecular complexity index is 787. The molecule has 2 N–H and O–H groups in total. The molecule has 144 valence electrons. The third-order valence-electron chi connectivity index (χ3n) is 4.03. The second-order valence-corrected chi connectivity index (χ2v) is 7.43. The number of benzene rings is 1. The lowest BCUT2D eigenvalue weighted by Crippen LogP contribution is -2.46. The molecule has 0 saturated heterocycles. The summed E-state index contributed by atoms with van der Waals surface area (Å²) in [4.78, 5) is 37.0. The van der Waals surface area contributed by atoms with Crippen molar-refractivity contribution >= 4 is 29.1 Å². The quantitative estimate of drug-likeness (QED) is 0.681. The molecule has 0 spiro atoms. The van der Waals surface area contributed by atoms with Crippen LogP contribution in [0.1, 0.15) is 34.6 Å². The van der Waals surface area contributed by atoms with E-state index in [2.05, 4.69) is 10.6 Å². The summed E-state index contributed by atoms with van der Waals surface area (Å²) in [6.07, 6.45) is 0. The number of hydrogen-bond acceptors (Lipinski definition) is 5. The lowest BCUT2D eigenvalue weighted by atomic mass is 10.0. The lowest BCUT2D eigenvalue weighted by molar-refractivity contribution is -0.151. The molecule has 1 aromatic carbocycles. The van der Waals surface area contributed by atoms with E-state index in [9.17, 15) is 14.4 Å². The SMILES string of the molecule is Cc1ccccc1CNC(=O)COC(=O)C(NC(=O)c1cccs1)C(C)C. The first-order valence-corrected chi connectivity index (χ1v) is 9.58. The second kappa shape index (κ2) is 9.87. The van der Waals surface area contributed by atoms with Gasteiger partial charge in [0, 0.05) is 6.54 Å². The van der Waals surface area contributed by atoms with Crippen LogP contribution >= 0.6 is 11.3 Å². The standard InChI is InChI=1S/C20H24N2O4S/c1-13(2)18(22-19(24)16-9-6-10-27-16)20(25)26-12-17(23)21-11-15-8-5-4-7-14(15)3/h4-10,13,18H,11-12H2,1-3H3,(H,21,23)(H,22,24). The second-order valence-electron chi connectivity index (χ2n) is 6.48. The Balaban J connectivity index is 1.83. The fourth-order valence-electron chi connectivity index (χ4n) is 2.40. The van der Waals surface area contributed by atoms with E-state index in [0.29, 0.717) is 11.4 Å². The molecule has 0 aliphatic carbocycles. The minimum atomic E-state index is -0.816. The molecule has 6 nitrogen and oxygen atoms in total. The number of rotatable bonds is 8. The Hall–Kier alpha value is -2.67. The van der Waals surface area contributed by atoms with E-state index < -0.39 is 17.9 Å². The van der Waals surface area contributed by atoms with Gasteiger partial charge in [0.05, 0.1) is 4.88 Å². The lowest BCUT2D eigenvalue weighted by Gasteiger charge is -2.20. The number of amides is 2. The highest BCUT2D eigenvalue weighted by molar-refractivity contribution is 7.12. The summed E-state index contributed by atoms with van der Waals surface area (Å²) in [5.41, 5.74) is 2.08. The predicted octanol–water partition coefficient (Wildman–Crippen LogP) is 2.67. The number of carbonyl (C=O) groups excluding carboxylic acids is 3. The third kappa shape index (κ3) is 6.21. The molecule has 1 heterocycles. The summed E-state index contributed by atoms with van der Waals surface area (Å²) in [6, 6.07) is 10.4. The van der Waals surface area contributed by atoms with Crippen LogP contribution in [0.2, 0.25) is 0 Å². The van der Waals surface area contributed by atoms with Crippen LogP contribution in [0, 0.1) is 12.8 Å². The normalized spacial score (nSPS) is 11.7. The highest BCUT2D eigenvalue weighted by Crippen LogP contribution is 2.11. The molecular formula is C20H24N2O4S. The van der Waals surface area contributed by atoms with Gasteiger partial charge in [0.1, 0.15) is 6.04 Å². The van der Waals surface area contributed by atoms with Crippen molar-refractivity contribution in [3.05, 3.63) is 57.8 Å². The summed E-state index contributed by atoms with van der Waals surface area (Å²) in [7, 11) is 0. The van der Waals surface area contributed by atoms with Crippen molar-refractivity contribution in [1.29, 1.82) is 0 Å². The maximum Gasteiger partial charge on any atom is 0.329 e. The minimum Gasteiger partial charge on any atom is -0.454 e. The van der Waals surface area contributed by atoms with Gasteiger partial charge in [-0.1, -0.05) is 44.2 Å². The molecule has 2 rings (SSSR count). The number of carbonyl (C=O) groups is 3. The van der Waals surface area contributed by atoms with Crippen molar-refractivity contribution in [1.82, 2.24) is 10.6 Å². The Labute approximate surface area is 162 Å². The molecule has 27 heavy (non-hydrogen) atoms. The van der Waals surface area contributed by atoms with Gasteiger partial charge in [0.15, 0.2) is 6.61 Å². The molecule has 0 aliphatic rings. The first-order valence-electron chi connectivity index (χ1n) is 8.70. The fraction of sp³-hybridized carbons (Fsp3) is 0.350. The Morgan fingerprint density at radius 2 is 1.85 bits per heavy atom. The van der Waals surface area contributed by atoms with Crippen LogP contribution in [0.5, 0.6) is 0 Å². The van der Waals surface area contributed by atoms with Gasteiger partial charge in [0.25, 0.3) is 11.8 Å². The van der Waals surface area contributed by atoms with E-state index in [-0.39, 0.29) is 18.4 Å². The van der Waals surface area contributed by atoms with E-state index in [0.717, 1.165) is 11.1 Å². The molecule has 1 unspecified atom stereocenters. The molecule has 2 amide bonds. The average molecular weight is 388 g/mol. The van der Waals surface area contributed by atoms with Crippen molar-refractivity contribution in [2.45, 2.75) is 33.4 Å². The Kier molecular flexibility index (Phi) is 7.55. The molecule has 0 bridgehead atoms. The fourth-order valence-corrected chi connectivity index (χ4v) is 3.02. The van der Waals surface area contributed by atoms with Gasteiger partial charge in [0.2, 0.25) is 0 Å².